The Morgan fingerprint density at radius 1 is 1.25 bits per heavy atom. The van der Waals surface area contributed by atoms with Crippen molar-refractivity contribution in [2.75, 3.05) is 0 Å². The number of benzene rings is 1. The first-order chi connectivity index (χ1) is 9.65. The van der Waals surface area contributed by atoms with Crippen LogP contribution in [0.1, 0.15) is 22.9 Å². The molecule has 0 saturated carbocycles. The van der Waals surface area contributed by atoms with Crippen molar-refractivity contribution in [2.45, 2.75) is 25.8 Å². The molecule has 0 unspecified atom stereocenters. The Bertz CT molecular complexity index is 843. The summed E-state index contributed by atoms with van der Waals surface area (Å²) in [5, 5.41) is 4.49. The summed E-state index contributed by atoms with van der Waals surface area (Å²) >= 11 is 5.54. The van der Waals surface area contributed by atoms with Crippen molar-refractivity contribution in [1.29, 1.82) is 0 Å². The Morgan fingerprint density at radius 2 is 1.90 bits per heavy atom. The van der Waals surface area contributed by atoms with Gasteiger partial charge in [-0.3, -0.25) is 9.25 Å². The molecule has 0 fully saturated rings. The molecule has 0 spiro atoms. The van der Waals surface area contributed by atoms with E-state index >= 15 is 0 Å². The summed E-state index contributed by atoms with van der Waals surface area (Å²) in [5.74, 6) is 0. The van der Waals surface area contributed by atoms with Crippen LogP contribution in [0.5, 0.6) is 0 Å². The van der Waals surface area contributed by atoms with Crippen LogP contribution in [0, 0.1) is 11.7 Å². The maximum atomic E-state index is 5.54. The first-order valence-electron chi connectivity index (χ1n) is 6.85. The number of nitrogens with one attached hydrogen (secondary N) is 1. The molecule has 0 radical (unpaired) electrons. The molecule has 5 heteroatoms. The number of aromatic nitrogens is 4. The molecule has 2 heterocycles. The summed E-state index contributed by atoms with van der Waals surface area (Å²) in [6.07, 6.45) is 2.09. The van der Waals surface area contributed by atoms with E-state index < -0.39 is 0 Å². The molecule has 1 aliphatic carbocycles. The largest absolute Gasteiger partial charge is 0.328 e. The van der Waals surface area contributed by atoms with Crippen LogP contribution in [-0.2, 0) is 19.9 Å². The molecule has 20 heavy (non-hydrogen) atoms. The van der Waals surface area contributed by atoms with Crippen LogP contribution in [0.25, 0.3) is 11.2 Å². The number of rotatable bonds is 1. The van der Waals surface area contributed by atoms with Gasteiger partial charge in [0.25, 0.3) is 0 Å². The molecule has 2 aromatic heterocycles. The van der Waals surface area contributed by atoms with E-state index in [0.717, 1.165) is 34.5 Å². The summed E-state index contributed by atoms with van der Waals surface area (Å²) in [7, 11) is 1.98. The first kappa shape index (κ1) is 11.9. The number of aryl methyl sites for hydroxylation is 2. The number of nitrogens with zero attached hydrogens (tertiary/aromatic N) is 3. The van der Waals surface area contributed by atoms with Gasteiger partial charge in [-0.1, -0.05) is 24.3 Å². The second-order valence-corrected chi connectivity index (χ2v) is 5.93. The molecule has 4 nitrogen and oxygen atoms in total. The van der Waals surface area contributed by atoms with Gasteiger partial charge in [0.15, 0.2) is 10.4 Å². The number of imidazole rings is 1. The van der Waals surface area contributed by atoms with Gasteiger partial charge >= 0.3 is 0 Å². The fraction of sp³-hybridized carbons (Fsp3) is 0.333. The summed E-state index contributed by atoms with van der Waals surface area (Å²) in [6.45, 7) is 2.02. The maximum Gasteiger partial charge on any atom is 0.179 e. The van der Waals surface area contributed by atoms with E-state index in [2.05, 4.69) is 38.9 Å². The van der Waals surface area contributed by atoms with Crippen molar-refractivity contribution in [1.82, 2.24) is 19.3 Å². The lowest BCUT2D eigenvalue weighted by Gasteiger charge is -2.12. The third-order valence-electron chi connectivity index (χ3n) is 4.27. The summed E-state index contributed by atoms with van der Waals surface area (Å²) in [6, 6.07) is 9.06. The van der Waals surface area contributed by atoms with Crippen molar-refractivity contribution in [3.63, 3.8) is 0 Å². The smallest absolute Gasteiger partial charge is 0.179 e. The Balaban J connectivity index is 1.89. The van der Waals surface area contributed by atoms with E-state index in [0.29, 0.717) is 6.04 Å². The van der Waals surface area contributed by atoms with Crippen molar-refractivity contribution in [3.8, 4) is 0 Å². The van der Waals surface area contributed by atoms with Gasteiger partial charge in [0.2, 0.25) is 0 Å². The highest BCUT2D eigenvalue weighted by molar-refractivity contribution is 7.71. The van der Waals surface area contributed by atoms with E-state index in [-0.39, 0.29) is 0 Å². The minimum absolute atomic E-state index is 0.392. The standard InChI is InChI=1S/C15H16N4S/c1-9-13-14(18(2)17-9)19(15(20)16-13)12-7-10-5-3-4-6-11(10)8-12/h3-6,12H,7-8H2,1-2H3,(H,16,20). The quantitative estimate of drug-likeness (QED) is 0.697. The van der Waals surface area contributed by atoms with Gasteiger partial charge in [-0.25, -0.2) is 0 Å². The van der Waals surface area contributed by atoms with Gasteiger partial charge in [0.05, 0.1) is 5.69 Å². The van der Waals surface area contributed by atoms with Crippen LogP contribution in [0.4, 0.5) is 0 Å². The average Bonchev–Trinajstić information content (AvgIpc) is 3.04. The third-order valence-corrected chi connectivity index (χ3v) is 4.56. The normalized spacial score (nSPS) is 15.1. The molecule has 1 aliphatic rings. The molecule has 1 aromatic carbocycles. The molecule has 0 atom stereocenters. The van der Waals surface area contributed by atoms with Crippen LogP contribution in [0.15, 0.2) is 24.3 Å². The Labute approximate surface area is 122 Å². The van der Waals surface area contributed by atoms with E-state index in [4.69, 9.17) is 12.2 Å². The Kier molecular flexibility index (Phi) is 2.41. The van der Waals surface area contributed by atoms with Crippen molar-refractivity contribution in [2.24, 2.45) is 7.05 Å². The zero-order chi connectivity index (χ0) is 13.9. The van der Waals surface area contributed by atoms with Crippen LogP contribution >= 0.6 is 12.2 Å². The third kappa shape index (κ3) is 1.53. The van der Waals surface area contributed by atoms with E-state index in [1.165, 1.54) is 11.1 Å². The van der Waals surface area contributed by atoms with Crippen LogP contribution < -0.4 is 0 Å². The maximum absolute atomic E-state index is 5.54. The number of H-pyrrole nitrogens is 1. The second-order valence-electron chi connectivity index (χ2n) is 5.54. The molecule has 0 bridgehead atoms. The van der Waals surface area contributed by atoms with Crippen LogP contribution in [-0.4, -0.2) is 19.3 Å². The van der Waals surface area contributed by atoms with Gasteiger partial charge in [0.1, 0.15) is 5.52 Å². The SMILES string of the molecule is Cc1nn(C)c2c1[nH]c(=S)n2C1Cc2ccccc2C1. The average molecular weight is 284 g/mol. The summed E-state index contributed by atoms with van der Waals surface area (Å²) in [4.78, 5) is 3.31. The van der Waals surface area contributed by atoms with Crippen molar-refractivity contribution >= 4 is 23.4 Å². The lowest BCUT2D eigenvalue weighted by Crippen LogP contribution is -2.11. The molecule has 0 aliphatic heterocycles. The zero-order valence-electron chi connectivity index (χ0n) is 11.6. The predicted octanol–water partition coefficient (Wildman–Crippen LogP) is 3.08. The molecule has 4 rings (SSSR count). The summed E-state index contributed by atoms with van der Waals surface area (Å²) < 4.78 is 4.97. The van der Waals surface area contributed by atoms with E-state index in [1.807, 2.05) is 18.7 Å². The van der Waals surface area contributed by atoms with Gasteiger partial charge in [-0.2, -0.15) is 5.10 Å². The van der Waals surface area contributed by atoms with Gasteiger partial charge in [0, 0.05) is 13.1 Å². The number of fused-ring (bicyclic) bond motifs is 2. The molecule has 3 aromatic rings. The molecule has 102 valence electrons. The van der Waals surface area contributed by atoms with E-state index in [1.54, 1.807) is 0 Å². The highest BCUT2D eigenvalue weighted by Gasteiger charge is 2.26. The second kappa shape index (κ2) is 4.06. The molecular weight excluding hydrogens is 268 g/mol. The van der Waals surface area contributed by atoms with E-state index in [9.17, 15) is 0 Å². The highest BCUT2D eigenvalue weighted by atomic mass is 32.1. The Hall–Kier alpha value is -1.88. The molecule has 1 N–H and O–H groups in total. The lowest BCUT2D eigenvalue weighted by molar-refractivity contribution is 0.524. The number of hydrogen-bond acceptors (Lipinski definition) is 2. The molecular formula is C15H16N4S. The Morgan fingerprint density at radius 3 is 2.55 bits per heavy atom. The number of hydrogen-bond donors (Lipinski definition) is 1. The van der Waals surface area contributed by atoms with Crippen LogP contribution in [0.3, 0.4) is 0 Å². The fourth-order valence-electron chi connectivity index (χ4n) is 3.39. The van der Waals surface area contributed by atoms with Crippen molar-refractivity contribution in [3.05, 3.63) is 45.9 Å². The summed E-state index contributed by atoms with van der Waals surface area (Å²) in [5.41, 5.74) is 6.04. The lowest BCUT2D eigenvalue weighted by atomic mass is 10.1. The predicted molar refractivity (Wildman–Crippen MR) is 81.5 cm³/mol. The van der Waals surface area contributed by atoms with Gasteiger partial charge < -0.3 is 4.98 Å². The molecule has 0 amide bonds. The monoisotopic (exact) mass is 284 g/mol. The number of aromatic amines is 1. The fourth-order valence-corrected chi connectivity index (χ4v) is 3.73. The zero-order valence-corrected chi connectivity index (χ0v) is 12.4. The van der Waals surface area contributed by atoms with Gasteiger partial charge in [-0.05, 0) is 43.1 Å². The van der Waals surface area contributed by atoms with Crippen LogP contribution in [0.2, 0.25) is 0 Å². The van der Waals surface area contributed by atoms with Crippen molar-refractivity contribution < 1.29 is 0 Å². The minimum atomic E-state index is 0.392. The molecule has 0 saturated heterocycles. The highest BCUT2D eigenvalue weighted by Crippen LogP contribution is 2.33. The topological polar surface area (TPSA) is 38.5 Å². The first-order valence-corrected chi connectivity index (χ1v) is 7.26. The van der Waals surface area contributed by atoms with Gasteiger partial charge in [-0.15, -0.1) is 0 Å². The minimum Gasteiger partial charge on any atom is -0.328 e.